The molecule has 2 aliphatic rings. The van der Waals surface area contributed by atoms with E-state index < -0.39 is 17.8 Å². The largest absolute Gasteiger partial charge is 0.444 e. The Morgan fingerprint density at radius 1 is 0.732 bits per heavy atom. The van der Waals surface area contributed by atoms with E-state index in [4.69, 9.17) is 23.7 Å². The van der Waals surface area contributed by atoms with E-state index in [0.717, 1.165) is 11.1 Å². The SMILES string of the molecule is COC1CN(C(=O)OCc2ccccc2)N(C(=O)OC(C)(C)C)C1.COC1CNN(C(=O)OCc2ccccc2)C1. The van der Waals surface area contributed by atoms with E-state index in [1.807, 2.05) is 60.7 Å². The molecule has 1 N–H and O–H groups in total. The highest BCUT2D eigenvalue weighted by Crippen LogP contribution is 2.19. The van der Waals surface area contributed by atoms with E-state index in [1.165, 1.54) is 22.1 Å². The predicted molar refractivity (Wildman–Crippen MR) is 149 cm³/mol. The molecule has 2 heterocycles. The van der Waals surface area contributed by atoms with Gasteiger partial charge in [-0.05, 0) is 31.9 Å². The Balaban J connectivity index is 0.000000239. The summed E-state index contributed by atoms with van der Waals surface area (Å²) in [6.45, 7) is 7.37. The minimum atomic E-state index is -0.651. The van der Waals surface area contributed by atoms with Gasteiger partial charge in [-0.25, -0.2) is 34.8 Å². The van der Waals surface area contributed by atoms with Gasteiger partial charge >= 0.3 is 18.3 Å². The molecule has 0 bridgehead atoms. The Hall–Kier alpha value is -3.87. The van der Waals surface area contributed by atoms with Crippen LogP contribution < -0.4 is 5.43 Å². The predicted octanol–water partition coefficient (Wildman–Crippen LogP) is 3.96. The molecule has 4 rings (SSSR count). The van der Waals surface area contributed by atoms with Crippen molar-refractivity contribution < 1.29 is 38.1 Å². The van der Waals surface area contributed by atoms with Gasteiger partial charge in [-0.15, -0.1) is 0 Å². The van der Waals surface area contributed by atoms with Crippen LogP contribution in [-0.2, 0) is 36.9 Å². The monoisotopic (exact) mass is 572 g/mol. The smallest absolute Gasteiger partial charge is 0.429 e. The van der Waals surface area contributed by atoms with Crippen molar-refractivity contribution in [1.29, 1.82) is 0 Å². The number of hydrogen-bond acceptors (Lipinski definition) is 9. The maximum atomic E-state index is 12.4. The third kappa shape index (κ3) is 10.2. The summed E-state index contributed by atoms with van der Waals surface area (Å²) in [5.74, 6) is 0. The molecule has 2 aromatic rings. The Labute approximate surface area is 241 Å². The lowest BCUT2D eigenvalue weighted by Crippen LogP contribution is -2.47. The maximum Gasteiger partial charge on any atom is 0.429 e. The van der Waals surface area contributed by atoms with Crippen LogP contribution in [0.3, 0.4) is 0 Å². The van der Waals surface area contributed by atoms with Crippen LogP contribution in [-0.4, -0.2) is 91.5 Å². The van der Waals surface area contributed by atoms with Gasteiger partial charge in [0.05, 0.1) is 31.8 Å². The first-order valence-corrected chi connectivity index (χ1v) is 13.4. The summed E-state index contributed by atoms with van der Waals surface area (Å²) < 4.78 is 26.2. The molecule has 0 radical (unpaired) electrons. The summed E-state index contributed by atoms with van der Waals surface area (Å²) in [6.07, 6.45) is -1.81. The van der Waals surface area contributed by atoms with Crippen molar-refractivity contribution in [3.05, 3.63) is 71.8 Å². The van der Waals surface area contributed by atoms with E-state index in [9.17, 15) is 14.4 Å². The van der Waals surface area contributed by atoms with Crippen LogP contribution in [0, 0.1) is 0 Å². The molecule has 2 aromatic carbocycles. The number of carbonyl (C=O) groups is 3. The molecule has 12 heteroatoms. The fourth-order valence-corrected chi connectivity index (χ4v) is 3.88. The van der Waals surface area contributed by atoms with Crippen molar-refractivity contribution in [3.8, 4) is 0 Å². The van der Waals surface area contributed by atoms with Crippen molar-refractivity contribution in [2.45, 2.75) is 51.8 Å². The van der Waals surface area contributed by atoms with Gasteiger partial charge in [0.15, 0.2) is 0 Å². The highest BCUT2D eigenvalue weighted by Gasteiger charge is 2.40. The molecule has 0 aromatic heterocycles. The second-order valence-corrected chi connectivity index (χ2v) is 10.4. The van der Waals surface area contributed by atoms with Crippen molar-refractivity contribution in [2.24, 2.45) is 0 Å². The molecule has 12 nitrogen and oxygen atoms in total. The van der Waals surface area contributed by atoms with E-state index in [2.05, 4.69) is 5.43 Å². The molecule has 2 aliphatic heterocycles. The first-order chi connectivity index (χ1) is 19.6. The second kappa shape index (κ2) is 15.2. The zero-order chi connectivity index (χ0) is 29.8. The number of hydrazine groups is 2. The zero-order valence-corrected chi connectivity index (χ0v) is 24.3. The summed E-state index contributed by atoms with van der Waals surface area (Å²) in [6, 6.07) is 18.9. The Morgan fingerprint density at radius 3 is 1.68 bits per heavy atom. The molecule has 41 heavy (non-hydrogen) atoms. The minimum Gasteiger partial charge on any atom is -0.444 e. The number of hydrogen-bond donors (Lipinski definition) is 1. The second-order valence-electron chi connectivity index (χ2n) is 10.4. The van der Waals surface area contributed by atoms with Gasteiger partial charge < -0.3 is 23.7 Å². The van der Waals surface area contributed by atoms with Gasteiger partial charge in [0, 0.05) is 20.8 Å². The third-order valence-electron chi connectivity index (χ3n) is 6.05. The lowest BCUT2D eigenvalue weighted by molar-refractivity contribution is -0.0267. The van der Waals surface area contributed by atoms with E-state index in [1.54, 1.807) is 27.9 Å². The molecule has 3 amide bonds. The molecule has 2 atom stereocenters. The summed E-state index contributed by atoms with van der Waals surface area (Å²) in [4.78, 5) is 36.3. The van der Waals surface area contributed by atoms with Gasteiger partial charge in [0.2, 0.25) is 0 Å². The summed E-state index contributed by atoms with van der Waals surface area (Å²) in [5.41, 5.74) is 4.12. The van der Waals surface area contributed by atoms with Crippen LogP contribution in [0.1, 0.15) is 31.9 Å². The Morgan fingerprint density at radius 2 is 1.22 bits per heavy atom. The number of amides is 3. The van der Waals surface area contributed by atoms with Gasteiger partial charge in [-0.1, -0.05) is 60.7 Å². The average molecular weight is 573 g/mol. The Kier molecular flexibility index (Phi) is 11.7. The quantitative estimate of drug-likeness (QED) is 0.513. The van der Waals surface area contributed by atoms with E-state index in [0.29, 0.717) is 13.1 Å². The standard InChI is InChI=1S/C17H24N2O5.C12H16N2O3/c1-17(2,3)24-16(21)19-11-14(22-4)10-18(19)15(20)23-12-13-8-6-5-7-9-13;1-16-11-7-13-14(8-11)12(15)17-9-10-5-3-2-4-6-10/h5-9,14H,10-12H2,1-4H3;2-6,11,13H,7-9H2,1H3. The molecule has 2 saturated heterocycles. The average Bonchev–Trinajstić information content (AvgIpc) is 3.63. The third-order valence-corrected chi connectivity index (χ3v) is 6.05. The van der Waals surface area contributed by atoms with Gasteiger partial charge in [0.25, 0.3) is 0 Å². The highest BCUT2D eigenvalue weighted by molar-refractivity contribution is 5.75. The van der Waals surface area contributed by atoms with E-state index >= 15 is 0 Å². The van der Waals surface area contributed by atoms with Crippen LogP contribution in [0.2, 0.25) is 0 Å². The summed E-state index contributed by atoms with van der Waals surface area (Å²) in [7, 11) is 3.17. The van der Waals surface area contributed by atoms with Crippen molar-refractivity contribution in [2.75, 3.05) is 40.4 Å². The van der Waals surface area contributed by atoms with Crippen molar-refractivity contribution in [3.63, 3.8) is 0 Å². The topological polar surface area (TPSA) is 119 Å². The molecule has 0 aliphatic carbocycles. The first kappa shape index (κ1) is 31.7. The molecular weight excluding hydrogens is 532 g/mol. The first-order valence-electron chi connectivity index (χ1n) is 13.4. The number of rotatable bonds is 6. The fraction of sp³-hybridized carbons (Fsp3) is 0.483. The lowest BCUT2D eigenvalue weighted by Gasteiger charge is -2.29. The number of ether oxygens (including phenoxy) is 5. The van der Waals surface area contributed by atoms with Gasteiger partial charge in [-0.2, -0.15) is 0 Å². The summed E-state index contributed by atoms with van der Waals surface area (Å²) in [5, 5.41) is 3.90. The minimum absolute atomic E-state index is 0.0410. The molecule has 2 unspecified atom stereocenters. The maximum absolute atomic E-state index is 12.4. The normalized spacial score (nSPS) is 18.4. The molecular formula is C29H40N4O8. The zero-order valence-electron chi connectivity index (χ0n) is 24.3. The highest BCUT2D eigenvalue weighted by atomic mass is 16.6. The molecule has 2 fully saturated rings. The molecule has 224 valence electrons. The van der Waals surface area contributed by atoms with Crippen molar-refractivity contribution >= 4 is 18.3 Å². The number of nitrogens with zero attached hydrogens (tertiary/aromatic N) is 3. The number of methoxy groups -OCH3 is 2. The van der Waals surface area contributed by atoms with Crippen LogP contribution in [0.4, 0.5) is 14.4 Å². The van der Waals surface area contributed by atoms with Crippen LogP contribution >= 0.6 is 0 Å². The number of benzene rings is 2. The van der Waals surface area contributed by atoms with E-state index in [-0.39, 0.29) is 44.6 Å². The number of carbonyl (C=O) groups excluding carboxylic acids is 3. The lowest BCUT2D eigenvalue weighted by atomic mass is 10.2. The fourth-order valence-electron chi connectivity index (χ4n) is 3.88. The molecule has 0 saturated carbocycles. The molecule has 0 spiro atoms. The van der Waals surface area contributed by atoms with Gasteiger partial charge in [0.1, 0.15) is 18.8 Å². The van der Waals surface area contributed by atoms with Crippen LogP contribution in [0.5, 0.6) is 0 Å². The van der Waals surface area contributed by atoms with Crippen LogP contribution in [0.15, 0.2) is 60.7 Å². The van der Waals surface area contributed by atoms with Crippen molar-refractivity contribution in [1.82, 2.24) is 20.5 Å². The van der Waals surface area contributed by atoms with Crippen LogP contribution in [0.25, 0.3) is 0 Å². The summed E-state index contributed by atoms with van der Waals surface area (Å²) >= 11 is 0. The van der Waals surface area contributed by atoms with Gasteiger partial charge in [-0.3, -0.25) is 0 Å². The Bertz CT molecular complexity index is 1110. The number of nitrogens with one attached hydrogen (secondary N) is 1.